The number of carbonyl (C=O) groups excluding carboxylic acids is 3. The molecule has 1 aliphatic heterocycles. The van der Waals surface area contributed by atoms with Crippen molar-refractivity contribution in [2.45, 2.75) is 18.9 Å². The molecule has 0 spiro atoms. The van der Waals surface area contributed by atoms with Gasteiger partial charge in [0.2, 0.25) is 5.91 Å². The van der Waals surface area contributed by atoms with Crippen molar-refractivity contribution in [1.82, 2.24) is 20.2 Å². The van der Waals surface area contributed by atoms with Gasteiger partial charge in [-0.15, -0.1) is 0 Å². The van der Waals surface area contributed by atoms with Crippen LogP contribution in [-0.4, -0.2) is 39.1 Å². The van der Waals surface area contributed by atoms with Crippen LogP contribution in [0.5, 0.6) is 0 Å². The van der Waals surface area contributed by atoms with Crippen LogP contribution >= 0.6 is 0 Å². The van der Waals surface area contributed by atoms with Crippen molar-refractivity contribution >= 4 is 28.8 Å². The first kappa shape index (κ1) is 20.6. The number of aromatic amines is 1. The Kier molecular flexibility index (Phi) is 5.44. The standard InChI is InChI=1S/C26H22N4O3/c31-23(14-15-30-25(32)18-10-4-5-11-19(18)26(30)33)27-22(16-17-8-2-1-3-9-17)24-28-20-12-6-7-13-21(20)29-24/h1-13,22H,14-16H2,(H,27,31)(H,28,29)/t22-/m1/s1. The van der Waals surface area contributed by atoms with Crippen LogP contribution < -0.4 is 5.32 Å². The van der Waals surface area contributed by atoms with Gasteiger partial charge in [-0.1, -0.05) is 54.6 Å². The lowest BCUT2D eigenvalue weighted by Crippen LogP contribution is -2.36. The van der Waals surface area contributed by atoms with Crippen LogP contribution in [0, 0.1) is 0 Å². The minimum absolute atomic E-state index is 0.0109. The number of H-pyrrole nitrogens is 1. The van der Waals surface area contributed by atoms with E-state index in [2.05, 4.69) is 15.3 Å². The number of aromatic nitrogens is 2. The van der Waals surface area contributed by atoms with Crippen molar-refractivity contribution in [3.8, 4) is 0 Å². The minimum atomic E-state index is -0.380. The van der Waals surface area contributed by atoms with Gasteiger partial charge < -0.3 is 10.3 Å². The summed E-state index contributed by atoms with van der Waals surface area (Å²) in [5.74, 6) is -0.315. The number of hydrogen-bond donors (Lipinski definition) is 2. The van der Waals surface area contributed by atoms with Crippen LogP contribution in [0.2, 0.25) is 0 Å². The van der Waals surface area contributed by atoms with Gasteiger partial charge in [0.05, 0.1) is 28.2 Å². The van der Waals surface area contributed by atoms with Gasteiger partial charge in [0.15, 0.2) is 0 Å². The Morgan fingerprint density at radius 1 is 0.879 bits per heavy atom. The Morgan fingerprint density at radius 3 is 2.21 bits per heavy atom. The number of imide groups is 1. The third kappa shape index (κ3) is 4.13. The van der Waals surface area contributed by atoms with Gasteiger partial charge in [0, 0.05) is 13.0 Å². The van der Waals surface area contributed by atoms with Crippen LogP contribution in [-0.2, 0) is 11.2 Å². The van der Waals surface area contributed by atoms with E-state index in [1.54, 1.807) is 24.3 Å². The number of carbonyl (C=O) groups is 3. The number of amides is 3. The normalized spacial score (nSPS) is 13.9. The summed E-state index contributed by atoms with van der Waals surface area (Å²) in [6, 6.07) is 23.9. The SMILES string of the molecule is O=C(CCN1C(=O)c2ccccc2C1=O)N[C@H](Cc1ccccc1)c1nc2ccccc2[nH]1. The molecule has 3 amide bonds. The van der Waals surface area contributed by atoms with Gasteiger partial charge in [-0.25, -0.2) is 4.98 Å². The number of benzene rings is 3. The number of para-hydroxylation sites is 2. The predicted octanol–water partition coefficient (Wildman–Crippen LogP) is 3.65. The van der Waals surface area contributed by atoms with Gasteiger partial charge in [-0.2, -0.15) is 0 Å². The van der Waals surface area contributed by atoms with Crippen molar-refractivity contribution in [2.75, 3.05) is 6.54 Å². The van der Waals surface area contributed by atoms with Crippen LogP contribution in [0.3, 0.4) is 0 Å². The van der Waals surface area contributed by atoms with E-state index in [9.17, 15) is 14.4 Å². The van der Waals surface area contributed by atoms with Crippen molar-refractivity contribution in [2.24, 2.45) is 0 Å². The molecule has 2 N–H and O–H groups in total. The quantitative estimate of drug-likeness (QED) is 0.431. The van der Waals surface area contributed by atoms with E-state index in [1.807, 2.05) is 54.6 Å². The van der Waals surface area contributed by atoms with E-state index in [0.29, 0.717) is 23.4 Å². The number of nitrogens with zero attached hydrogens (tertiary/aromatic N) is 2. The van der Waals surface area contributed by atoms with Crippen LogP contribution in [0.15, 0.2) is 78.9 Å². The van der Waals surface area contributed by atoms with Crippen LogP contribution in [0.4, 0.5) is 0 Å². The summed E-state index contributed by atoms with van der Waals surface area (Å²) in [5.41, 5.74) is 3.54. The topological polar surface area (TPSA) is 95.2 Å². The molecule has 1 atom stereocenters. The molecule has 33 heavy (non-hydrogen) atoms. The maximum Gasteiger partial charge on any atom is 0.261 e. The van der Waals surface area contributed by atoms with Gasteiger partial charge in [0.25, 0.3) is 11.8 Å². The summed E-state index contributed by atoms with van der Waals surface area (Å²) < 4.78 is 0. The average Bonchev–Trinajstić information content (AvgIpc) is 3.38. The highest BCUT2D eigenvalue weighted by atomic mass is 16.2. The lowest BCUT2D eigenvalue weighted by atomic mass is 10.1. The van der Waals surface area contributed by atoms with E-state index >= 15 is 0 Å². The molecular weight excluding hydrogens is 416 g/mol. The Labute approximate surface area is 190 Å². The second-order valence-electron chi connectivity index (χ2n) is 8.01. The summed E-state index contributed by atoms with van der Waals surface area (Å²) >= 11 is 0. The number of fused-ring (bicyclic) bond motifs is 2. The maximum atomic E-state index is 12.9. The van der Waals surface area contributed by atoms with Crippen molar-refractivity contribution < 1.29 is 14.4 Å². The second kappa shape index (κ2) is 8.70. The lowest BCUT2D eigenvalue weighted by molar-refractivity contribution is -0.122. The number of hydrogen-bond acceptors (Lipinski definition) is 4. The van der Waals surface area contributed by atoms with Crippen molar-refractivity contribution in [3.05, 3.63) is 101 Å². The lowest BCUT2D eigenvalue weighted by Gasteiger charge is -2.18. The first-order valence-electron chi connectivity index (χ1n) is 10.8. The number of nitrogens with one attached hydrogen (secondary N) is 2. The molecule has 0 unspecified atom stereocenters. The fourth-order valence-corrected chi connectivity index (χ4v) is 4.13. The fraction of sp³-hybridized carbons (Fsp3) is 0.154. The molecule has 3 aromatic carbocycles. The van der Waals surface area contributed by atoms with Crippen LogP contribution in [0.25, 0.3) is 11.0 Å². The molecule has 5 rings (SSSR count). The molecule has 0 radical (unpaired) electrons. The van der Waals surface area contributed by atoms with E-state index in [0.717, 1.165) is 21.5 Å². The van der Waals surface area contributed by atoms with Gasteiger partial charge in [0.1, 0.15) is 5.82 Å². The summed E-state index contributed by atoms with van der Waals surface area (Å²) in [7, 11) is 0. The molecule has 1 aromatic heterocycles. The molecule has 0 aliphatic carbocycles. The molecule has 0 fully saturated rings. The van der Waals surface area contributed by atoms with E-state index in [-0.39, 0.29) is 36.7 Å². The van der Waals surface area contributed by atoms with E-state index in [1.165, 1.54) is 0 Å². The first-order chi connectivity index (χ1) is 16.1. The number of imidazole rings is 1. The second-order valence-corrected chi connectivity index (χ2v) is 8.01. The monoisotopic (exact) mass is 438 g/mol. The average molecular weight is 438 g/mol. The smallest absolute Gasteiger partial charge is 0.261 e. The summed E-state index contributed by atoms with van der Waals surface area (Å²) in [4.78, 5) is 47.1. The molecule has 0 bridgehead atoms. The van der Waals surface area contributed by atoms with Gasteiger partial charge in [-0.05, 0) is 36.2 Å². The van der Waals surface area contributed by atoms with E-state index in [4.69, 9.17) is 0 Å². The molecule has 7 heteroatoms. The molecule has 4 aromatic rings. The molecular formula is C26H22N4O3. The summed E-state index contributed by atoms with van der Waals surface area (Å²) in [6.07, 6.45) is 0.566. The summed E-state index contributed by atoms with van der Waals surface area (Å²) in [5, 5.41) is 3.04. The first-order valence-corrected chi connectivity index (χ1v) is 10.8. The highest BCUT2D eigenvalue weighted by Gasteiger charge is 2.35. The third-order valence-electron chi connectivity index (χ3n) is 5.80. The Hall–Kier alpha value is -4.26. The Balaban J connectivity index is 1.31. The zero-order valence-corrected chi connectivity index (χ0v) is 17.8. The third-order valence-corrected chi connectivity index (χ3v) is 5.80. The molecule has 0 saturated carbocycles. The Morgan fingerprint density at radius 2 is 1.52 bits per heavy atom. The molecule has 164 valence electrons. The van der Waals surface area contributed by atoms with Gasteiger partial charge >= 0.3 is 0 Å². The number of rotatable bonds is 7. The zero-order chi connectivity index (χ0) is 22.8. The highest BCUT2D eigenvalue weighted by Crippen LogP contribution is 2.23. The molecule has 1 aliphatic rings. The zero-order valence-electron chi connectivity index (χ0n) is 17.8. The molecule has 7 nitrogen and oxygen atoms in total. The molecule has 0 saturated heterocycles. The van der Waals surface area contributed by atoms with Gasteiger partial charge in [-0.3, -0.25) is 19.3 Å². The Bertz CT molecular complexity index is 1280. The predicted molar refractivity (Wildman–Crippen MR) is 124 cm³/mol. The van der Waals surface area contributed by atoms with Crippen LogP contribution in [0.1, 0.15) is 44.6 Å². The summed E-state index contributed by atoms with van der Waals surface area (Å²) in [6.45, 7) is 0.0242. The largest absolute Gasteiger partial charge is 0.346 e. The van der Waals surface area contributed by atoms with Crippen molar-refractivity contribution in [3.63, 3.8) is 0 Å². The molecule has 2 heterocycles. The van der Waals surface area contributed by atoms with E-state index < -0.39 is 0 Å². The fourth-order valence-electron chi connectivity index (χ4n) is 4.13. The van der Waals surface area contributed by atoms with Crippen molar-refractivity contribution in [1.29, 1.82) is 0 Å². The maximum absolute atomic E-state index is 12.9. The minimum Gasteiger partial charge on any atom is -0.346 e. The highest BCUT2D eigenvalue weighted by molar-refractivity contribution is 6.21.